The van der Waals surface area contributed by atoms with Crippen LogP contribution in [-0.4, -0.2) is 22.4 Å². The van der Waals surface area contributed by atoms with Crippen LogP contribution < -0.4 is 5.32 Å². The van der Waals surface area contributed by atoms with Gasteiger partial charge in [-0.15, -0.1) is 0 Å². The molecule has 2 N–H and O–H groups in total. The van der Waals surface area contributed by atoms with Crippen LogP contribution in [0.1, 0.15) is 21.5 Å². The Hall–Kier alpha value is -2.17. The van der Waals surface area contributed by atoms with Gasteiger partial charge in [-0.05, 0) is 24.1 Å². The Morgan fingerprint density at radius 2 is 1.82 bits per heavy atom. The molecule has 1 amide bonds. The largest absolute Gasteiger partial charge is 0.373 e. The second-order valence-corrected chi connectivity index (χ2v) is 5.83. The molecule has 1 aliphatic heterocycles. The van der Waals surface area contributed by atoms with Crippen LogP contribution >= 0.6 is 11.6 Å². The normalized spacial score (nSPS) is 20.5. The maximum absolute atomic E-state index is 12.7. The third kappa shape index (κ3) is 2.21. The van der Waals surface area contributed by atoms with Crippen molar-refractivity contribution in [3.05, 3.63) is 64.2 Å². The predicted molar refractivity (Wildman–Crippen MR) is 84.2 cm³/mol. The minimum Gasteiger partial charge on any atom is -0.373 e. The molecule has 2 aromatic rings. The lowest BCUT2D eigenvalue weighted by Crippen LogP contribution is -2.55. The third-order valence-corrected chi connectivity index (χ3v) is 4.20. The van der Waals surface area contributed by atoms with Crippen molar-refractivity contribution in [2.24, 2.45) is 0 Å². The van der Waals surface area contributed by atoms with E-state index in [-0.39, 0.29) is 17.0 Å². The average Bonchev–Trinajstić information content (AvgIpc) is 2.50. The molecule has 0 aliphatic carbocycles. The van der Waals surface area contributed by atoms with Gasteiger partial charge in [-0.25, -0.2) is 0 Å². The molecule has 1 heterocycles. The fourth-order valence-corrected chi connectivity index (χ4v) is 2.89. The van der Waals surface area contributed by atoms with Gasteiger partial charge in [-0.1, -0.05) is 48.0 Å². The molecule has 22 heavy (non-hydrogen) atoms. The molecule has 112 valence electrons. The highest BCUT2D eigenvalue weighted by Crippen LogP contribution is 2.36. The van der Waals surface area contributed by atoms with E-state index in [0.29, 0.717) is 11.3 Å². The van der Waals surface area contributed by atoms with Crippen LogP contribution in [-0.2, 0) is 11.2 Å². The van der Waals surface area contributed by atoms with Crippen molar-refractivity contribution < 1.29 is 14.7 Å². The van der Waals surface area contributed by atoms with Crippen LogP contribution in [0.2, 0.25) is 5.02 Å². The van der Waals surface area contributed by atoms with Crippen molar-refractivity contribution in [1.82, 2.24) is 0 Å². The topological polar surface area (TPSA) is 66.4 Å². The first-order chi connectivity index (χ1) is 10.4. The number of fused-ring (bicyclic) bond motifs is 1. The molecule has 3 rings (SSSR count). The Morgan fingerprint density at radius 3 is 2.50 bits per heavy atom. The summed E-state index contributed by atoms with van der Waals surface area (Å²) in [6, 6.07) is 12.2. The van der Waals surface area contributed by atoms with Gasteiger partial charge in [0.2, 0.25) is 11.4 Å². The van der Waals surface area contributed by atoms with E-state index in [9.17, 15) is 14.7 Å². The predicted octanol–water partition coefficient (Wildman–Crippen LogP) is 2.76. The summed E-state index contributed by atoms with van der Waals surface area (Å²) in [5.74, 6) is -1.39. The Kier molecular flexibility index (Phi) is 3.51. The number of amides is 1. The van der Waals surface area contributed by atoms with Crippen LogP contribution in [0.15, 0.2) is 42.5 Å². The highest BCUT2D eigenvalue weighted by atomic mass is 35.5. The average molecular weight is 316 g/mol. The summed E-state index contributed by atoms with van der Waals surface area (Å²) in [6.07, 6.45) is -0.0950. The number of carbonyl (C=O) groups is 2. The number of aryl methyl sites for hydroxylation is 1. The number of Topliss-reactive ketones (excluding diaryl/α,β-unsaturated/α-hetero) is 1. The zero-order valence-corrected chi connectivity index (χ0v) is 12.6. The molecule has 0 fully saturated rings. The fraction of sp³-hybridized carbons (Fsp3) is 0.176. The van der Waals surface area contributed by atoms with Crippen molar-refractivity contribution in [3.63, 3.8) is 0 Å². The molecular formula is C17H14ClNO3. The van der Waals surface area contributed by atoms with Crippen molar-refractivity contribution in [3.8, 4) is 0 Å². The van der Waals surface area contributed by atoms with Crippen molar-refractivity contribution in [1.29, 1.82) is 0 Å². The Morgan fingerprint density at radius 1 is 1.14 bits per heavy atom. The van der Waals surface area contributed by atoms with Crippen LogP contribution in [0.25, 0.3) is 0 Å². The molecular weight excluding hydrogens is 302 g/mol. The molecule has 1 atom stereocenters. The molecule has 0 spiro atoms. The second kappa shape index (κ2) is 5.23. The molecule has 0 aromatic heterocycles. The first-order valence-corrected chi connectivity index (χ1v) is 7.23. The number of hydrogen-bond acceptors (Lipinski definition) is 3. The molecule has 1 unspecified atom stereocenters. The number of nitrogens with one attached hydrogen (secondary N) is 1. The molecule has 5 heteroatoms. The molecule has 1 aliphatic rings. The maximum Gasteiger partial charge on any atom is 0.264 e. The number of benzene rings is 2. The molecule has 0 saturated carbocycles. The summed E-state index contributed by atoms with van der Waals surface area (Å²) in [4.78, 5) is 25.1. The van der Waals surface area contributed by atoms with Gasteiger partial charge in [-0.2, -0.15) is 0 Å². The van der Waals surface area contributed by atoms with Crippen molar-refractivity contribution in [2.75, 3.05) is 5.32 Å². The monoisotopic (exact) mass is 315 g/mol. The van der Waals surface area contributed by atoms with Gasteiger partial charge in [0.1, 0.15) is 0 Å². The summed E-state index contributed by atoms with van der Waals surface area (Å²) in [5.41, 5.74) is -0.185. The second-order valence-electron chi connectivity index (χ2n) is 5.42. The number of halogens is 1. The quantitative estimate of drug-likeness (QED) is 0.837. The smallest absolute Gasteiger partial charge is 0.264 e. The standard InChI is InChI=1S/C17H14ClNO3/c1-10-7-8-12(18)13-14(10)19-16(21)17(22,15(13)20)9-11-5-3-2-4-6-11/h2-8,22H,9H2,1H3,(H,19,21). The first-order valence-electron chi connectivity index (χ1n) is 6.85. The summed E-state index contributed by atoms with van der Waals surface area (Å²) >= 11 is 6.10. The number of carbonyl (C=O) groups excluding carboxylic acids is 2. The molecule has 4 nitrogen and oxygen atoms in total. The Labute approximate surface area is 132 Å². The lowest BCUT2D eigenvalue weighted by Gasteiger charge is -2.32. The summed E-state index contributed by atoms with van der Waals surface area (Å²) in [5, 5.41) is 13.5. The minimum absolute atomic E-state index is 0.0950. The number of anilines is 1. The van der Waals surface area contributed by atoms with Gasteiger partial charge < -0.3 is 10.4 Å². The number of rotatable bonds is 2. The van der Waals surface area contributed by atoms with Crippen LogP contribution in [0.5, 0.6) is 0 Å². The summed E-state index contributed by atoms with van der Waals surface area (Å²) in [6.45, 7) is 1.77. The molecule has 2 aromatic carbocycles. The summed E-state index contributed by atoms with van der Waals surface area (Å²) in [7, 11) is 0. The highest BCUT2D eigenvalue weighted by Gasteiger charge is 2.49. The van der Waals surface area contributed by atoms with Gasteiger partial charge in [0.15, 0.2) is 0 Å². The van der Waals surface area contributed by atoms with E-state index in [1.807, 2.05) is 6.07 Å². The fourth-order valence-electron chi connectivity index (χ4n) is 2.64. The lowest BCUT2D eigenvalue weighted by atomic mass is 9.82. The first kappa shape index (κ1) is 14.8. The Balaban J connectivity index is 2.09. The van der Waals surface area contributed by atoms with Crippen LogP contribution in [0.3, 0.4) is 0 Å². The van der Waals surface area contributed by atoms with Crippen LogP contribution in [0.4, 0.5) is 5.69 Å². The van der Waals surface area contributed by atoms with E-state index >= 15 is 0 Å². The van der Waals surface area contributed by atoms with Crippen LogP contribution in [0, 0.1) is 6.92 Å². The SMILES string of the molecule is Cc1ccc(Cl)c2c1NC(=O)C(O)(Cc1ccccc1)C2=O. The lowest BCUT2D eigenvalue weighted by molar-refractivity contribution is -0.130. The third-order valence-electron chi connectivity index (χ3n) is 3.88. The van der Waals surface area contributed by atoms with E-state index in [4.69, 9.17) is 11.6 Å². The number of aliphatic hydroxyl groups is 1. The summed E-state index contributed by atoms with van der Waals surface area (Å²) < 4.78 is 0. The van der Waals surface area contributed by atoms with Gasteiger partial charge in [0.05, 0.1) is 16.3 Å². The van der Waals surface area contributed by atoms with Gasteiger partial charge in [0, 0.05) is 6.42 Å². The van der Waals surface area contributed by atoms with Crippen molar-refractivity contribution in [2.45, 2.75) is 18.9 Å². The zero-order valence-electron chi connectivity index (χ0n) is 11.9. The van der Waals surface area contributed by atoms with E-state index in [1.165, 1.54) is 0 Å². The Bertz CT molecular complexity index is 773. The van der Waals surface area contributed by atoms with E-state index < -0.39 is 17.3 Å². The van der Waals surface area contributed by atoms with E-state index in [1.54, 1.807) is 43.3 Å². The van der Waals surface area contributed by atoms with Gasteiger partial charge in [-0.3, -0.25) is 9.59 Å². The number of hydrogen-bond donors (Lipinski definition) is 2. The molecule has 0 bridgehead atoms. The van der Waals surface area contributed by atoms with E-state index in [0.717, 1.165) is 5.56 Å². The minimum atomic E-state index is -2.15. The zero-order chi connectivity index (χ0) is 15.9. The van der Waals surface area contributed by atoms with Crippen molar-refractivity contribution >= 4 is 29.0 Å². The van der Waals surface area contributed by atoms with E-state index in [2.05, 4.69) is 5.32 Å². The van der Waals surface area contributed by atoms with Gasteiger partial charge >= 0.3 is 0 Å². The molecule has 0 saturated heterocycles. The highest BCUT2D eigenvalue weighted by molar-refractivity contribution is 6.38. The molecule has 0 radical (unpaired) electrons. The number of ketones is 1. The maximum atomic E-state index is 12.7. The van der Waals surface area contributed by atoms with Gasteiger partial charge in [0.25, 0.3) is 5.91 Å².